The van der Waals surface area contributed by atoms with Gasteiger partial charge in [0.1, 0.15) is 0 Å². The van der Waals surface area contributed by atoms with Crippen LogP contribution in [0.2, 0.25) is 0 Å². The lowest BCUT2D eigenvalue weighted by Crippen LogP contribution is -2.28. The summed E-state index contributed by atoms with van der Waals surface area (Å²) in [5.74, 6) is -0.171. The number of nitrogens with zero attached hydrogens (tertiary/aromatic N) is 5. The van der Waals surface area contributed by atoms with Crippen molar-refractivity contribution in [2.75, 3.05) is 13.1 Å². The summed E-state index contributed by atoms with van der Waals surface area (Å²) in [5.41, 5.74) is 0.180. The lowest BCUT2D eigenvalue weighted by atomic mass is 10.2. The first-order chi connectivity index (χ1) is 12.5. The van der Waals surface area contributed by atoms with Crippen LogP contribution < -0.4 is 0 Å². The molecule has 2 heterocycles. The zero-order valence-electron chi connectivity index (χ0n) is 14.5. The van der Waals surface area contributed by atoms with Crippen molar-refractivity contribution in [2.45, 2.75) is 44.2 Å². The van der Waals surface area contributed by atoms with Crippen molar-refractivity contribution >= 4 is 16.0 Å². The van der Waals surface area contributed by atoms with Gasteiger partial charge in [-0.05, 0) is 47.9 Å². The summed E-state index contributed by atoms with van der Waals surface area (Å²) in [7, 11) is -3.58. The topological polar surface area (TPSA) is 107 Å². The molecule has 0 atom stereocenters. The lowest BCUT2D eigenvalue weighted by molar-refractivity contribution is 0.0456. The van der Waals surface area contributed by atoms with E-state index in [1.54, 1.807) is 10.7 Å². The van der Waals surface area contributed by atoms with E-state index in [1.165, 1.54) is 22.5 Å². The van der Waals surface area contributed by atoms with Crippen LogP contribution in [0.4, 0.5) is 0 Å². The van der Waals surface area contributed by atoms with Crippen LogP contribution in [0.25, 0.3) is 0 Å². The first kappa shape index (κ1) is 18.5. The van der Waals surface area contributed by atoms with Crippen molar-refractivity contribution in [3.05, 3.63) is 35.7 Å². The fraction of sp³-hybridized carbons (Fsp3) is 0.500. The number of benzene rings is 1. The van der Waals surface area contributed by atoms with E-state index < -0.39 is 16.0 Å². The highest BCUT2D eigenvalue weighted by molar-refractivity contribution is 7.89. The second kappa shape index (κ2) is 7.92. The molecule has 26 heavy (non-hydrogen) atoms. The third-order valence-corrected chi connectivity index (χ3v) is 6.04. The van der Waals surface area contributed by atoms with Crippen LogP contribution in [0.1, 0.15) is 42.4 Å². The fourth-order valence-corrected chi connectivity index (χ4v) is 4.35. The van der Waals surface area contributed by atoms with Gasteiger partial charge in [-0.1, -0.05) is 13.0 Å². The van der Waals surface area contributed by atoms with Crippen LogP contribution in [0.5, 0.6) is 0 Å². The van der Waals surface area contributed by atoms with Crippen LogP contribution in [0, 0.1) is 0 Å². The number of tetrazole rings is 1. The second-order valence-corrected chi connectivity index (χ2v) is 7.97. The summed E-state index contributed by atoms with van der Waals surface area (Å²) < 4.78 is 33.5. The third-order valence-electron chi connectivity index (χ3n) is 4.15. The number of hydrogen-bond donors (Lipinski definition) is 0. The first-order valence-corrected chi connectivity index (χ1v) is 9.98. The number of aromatic nitrogens is 4. The molecule has 0 bridgehead atoms. The fourth-order valence-electron chi connectivity index (χ4n) is 2.79. The molecule has 1 saturated heterocycles. The van der Waals surface area contributed by atoms with Crippen molar-refractivity contribution < 1.29 is 17.9 Å². The minimum atomic E-state index is -3.58. The Morgan fingerprint density at radius 1 is 1.27 bits per heavy atom. The van der Waals surface area contributed by atoms with Crippen molar-refractivity contribution in [1.82, 2.24) is 24.5 Å². The Labute approximate surface area is 152 Å². The Balaban J connectivity index is 1.71. The molecule has 0 saturated carbocycles. The van der Waals surface area contributed by atoms with Crippen molar-refractivity contribution in [2.24, 2.45) is 0 Å². The van der Waals surface area contributed by atoms with E-state index in [2.05, 4.69) is 15.5 Å². The predicted molar refractivity (Wildman–Crippen MR) is 91.7 cm³/mol. The average molecular weight is 379 g/mol. The molecule has 2 aromatic rings. The molecule has 0 amide bonds. The van der Waals surface area contributed by atoms with E-state index in [4.69, 9.17) is 4.74 Å². The van der Waals surface area contributed by atoms with E-state index in [0.717, 1.165) is 19.3 Å². The maximum Gasteiger partial charge on any atom is 0.338 e. The highest BCUT2D eigenvalue weighted by Gasteiger charge is 2.27. The predicted octanol–water partition coefficient (Wildman–Crippen LogP) is 1.22. The number of carbonyl (C=O) groups excluding carboxylic acids is 1. The van der Waals surface area contributed by atoms with Crippen LogP contribution in [0.15, 0.2) is 29.2 Å². The molecule has 3 rings (SSSR count). The maximum atomic E-state index is 12.6. The van der Waals surface area contributed by atoms with Crippen LogP contribution in [-0.4, -0.2) is 52.0 Å². The highest BCUT2D eigenvalue weighted by atomic mass is 32.2. The molecular weight excluding hydrogens is 358 g/mol. The van der Waals surface area contributed by atoms with Gasteiger partial charge >= 0.3 is 5.97 Å². The Bertz CT molecular complexity index is 874. The van der Waals surface area contributed by atoms with E-state index >= 15 is 0 Å². The summed E-state index contributed by atoms with van der Waals surface area (Å²) in [4.78, 5) is 12.4. The Kier molecular flexibility index (Phi) is 5.62. The number of aryl methyl sites for hydroxylation is 1. The van der Waals surface area contributed by atoms with Gasteiger partial charge in [-0.3, -0.25) is 0 Å². The number of esters is 1. The SMILES string of the molecule is CCCn1nnnc1COC(=O)c1cccc(S(=O)(=O)N2CCCC2)c1. The number of sulfonamides is 1. The average Bonchev–Trinajstić information content (AvgIpc) is 3.32. The molecule has 1 aromatic carbocycles. The number of carbonyl (C=O) groups is 1. The van der Waals surface area contributed by atoms with Gasteiger partial charge in [-0.25, -0.2) is 17.9 Å². The maximum absolute atomic E-state index is 12.6. The minimum absolute atomic E-state index is 0.0745. The smallest absolute Gasteiger partial charge is 0.338 e. The lowest BCUT2D eigenvalue weighted by Gasteiger charge is -2.15. The molecule has 0 unspecified atom stereocenters. The Morgan fingerprint density at radius 3 is 2.77 bits per heavy atom. The van der Waals surface area contributed by atoms with Gasteiger partial charge in [-0.15, -0.1) is 5.10 Å². The van der Waals surface area contributed by atoms with Gasteiger partial charge in [0, 0.05) is 19.6 Å². The van der Waals surface area contributed by atoms with Crippen LogP contribution >= 0.6 is 0 Å². The number of hydrogen-bond acceptors (Lipinski definition) is 7. The largest absolute Gasteiger partial charge is 0.454 e. The summed E-state index contributed by atoms with van der Waals surface area (Å²) in [6, 6.07) is 5.91. The molecule has 140 valence electrons. The van der Waals surface area contributed by atoms with Gasteiger partial charge < -0.3 is 4.74 Å². The number of ether oxygens (including phenoxy) is 1. The molecular formula is C16H21N5O4S. The van der Waals surface area contributed by atoms with E-state index in [0.29, 0.717) is 25.5 Å². The molecule has 0 radical (unpaired) electrons. The molecule has 1 aliphatic rings. The summed E-state index contributed by atoms with van der Waals surface area (Å²) in [6.45, 7) is 3.57. The van der Waals surface area contributed by atoms with Gasteiger partial charge in [0.2, 0.25) is 10.0 Å². The van der Waals surface area contributed by atoms with E-state index in [9.17, 15) is 13.2 Å². The summed E-state index contributed by atoms with van der Waals surface area (Å²) in [5, 5.41) is 11.2. The molecule has 10 heteroatoms. The molecule has 9 nitrogen and oxygen atoms in total. The quantitative estimate of drug-likeness (QED) is 0.666. The van der Waals surface area contributed by atoms with Gasteiger partial charge in [0.15, 0.2) is 12.4 Å². The zero-order chi connectivity index (χ0) is 18.6. The summed E-state index contributed by atoms with van der Waals surface area (Å²) in [6.07, 6.45) is 2.56. The Morgan fingerprint density at radius 2 is 2.04 bits per heavy atom. The number of rotatable bonds is 7. The molecule has 1 fully saturated rings. The van der Waals surface area contributed by atoms with Crippen molar-refractivity contribution in [3.63, 3.8) is 0 Å². The van der Waals surface area contributed by atoms with Crippen molar-refractivity contribution in [1.29, 1.82) is 0 Å². The molecule has 1 aliphatic heterocycles. The van der Waals surface area contributed by atoms with Gasteiger partial charge in [0.05, 0.1) is 10.5 Å². The zero-order valence-corrected chi connectivity index (χ0v) is 15.4. The second-order valence-electron chi connectivity index (χ2n) is 6.03. The van der Waals surface area contributed by atoms with Crippen molar-refractivity contribution in [3.8, 4) is 0 Å². The third kappa shape index (κ3) is 3.91. The van der Waals surface area contributed by atoms with Gasteiger partial charge in [-0.2, -0.15) is 4.31 Å². The normalized spacial score (nSPS) is 15.3. The highest BCUT2D eigenvalue weighted by Crippen LogP contribution is 2.21. The first-order valence-electron chi connectivity index (χ1n) is 8.54. The monoisotopic (exact) mass is 379 g/mol. The van der Waals surface area contributed by atoms with Gasteiger partial charge in [0.25, 0.3) is 0 Å². The standard InChI is InChI=1S/C16H21N5O4S/c1-2-8-21-15(17-18-19-21)12-25-16(22)13-6-5-7-14(11-13)26(23,24)20-9-3-4-10-20/h5-7,11H,2-4,8-10,12H2,1H3. The summed E-state index contributed by atoms with van der Waals surface area (Å²) >= 11 is 0. The van der Waals surface area contributed by atoms with E-state index in [-0.39, 0.29) is 17.1 Å². The molecule has 0 aliphatic carbocycles. The minimum Gasteiger partial charge on any atom is -0.454 e. The van der Waals surface area contributed by atoms with E-state index in [1.807, 2.05) is 6.92 Å². The molecule has 0 N–H and O–H groups in total. The Hall–Kier alpha value is -2.33. The molecule has 1 aromatic heterocycles. The molecule has 0 spiro atoms. The van der Waals surface area contributed by atoms with Crippen LogP contribution in [-0.2, 0) is 27.9 Å². The van der Waals surface area contributed by atoms with Crippen LogP contribution in [0.3, 0.4) is 0 Å².